The van der Waals surface area contributed by atoms with Crippen LogP contribution in [-0.2, 0) is 4.79 Å². The number of rotatable bonds is 5. The fourth-order valence-electron chi connectivity index (χ4n) is 1.24. The first-order valence-corrected chi connectivity index (χ1v) is 5.45. The summed E-state index contributed by atoms with van der Waals surface area (Å²) in [5.41, 5.74) is 0.721. The van der Waals surface area contributed by atoms with Crippen molar-refractivity contribution in [1.29, 1.82) is 0 Å². The first-order chi connectivity index (χ1) is 8.17. The number of hydrogen-bond donors (Lipinski definition) is 2. The Bertz CT molecular complexity index is 418. The van der Waals surface area contributed by atoms with Crippen molar-refractivity contribution in [2.75, 3.05) is 20.3 Å². The molecule has 17 heavy (non-hydrogen) atoms. The third-order valence-electron chi connectivity index (χ3n) is 2.02. The van der Waals surface area contributed by atoms with Gasteiger partial charge in [-0.2, -0.15) is 0 Å². The lowest BCUT2D eigenvalue weighted by molar-refractivity contribution is -0.116. The molecule has 0 spiro atoms. The van der Waals surface area contributed by atoms with Crippen molar-refractivity contribution >= 4 is 23.6 Å². The zero-order chi connectivity index (χ0) is 12.7. The molecule has 0 unspecified atom stereocenters. The number of nitrogens with one attached hydrogen (secondary N) is 1. The Morgan fingerprint density at radius 3 is 3.00 bits per heavy atom. The Hall–Kier alpha value is -1.52. The molecule has 1 rings (SSSR count). The molecule has 5 heteroatoms. The Morgan fingerprint density at radius 2 is 2.35 bits per heavy atom. The molecule has 0 fully saturated rings. The Kier molecular flexibility index (Phi) is 5.52. The Labute approximate surface area is 105 Å². The van der Waals surface area contributed by atoms with Gasteiger partial charge < -0.3 is 15.2 Å². The predicted octanol–water partition coefficient (Wildman–Crippen LogP) is 1.47. The van der Waals surface area contributed by atoms with Gasteiger partial charge in [-0.1, -0.05) is 11.6 Å². The molecule has 0 saturated heterocycles. The molecule has 0 aliphatic heterocycles. The summed E-state index contributed by atoms with van der Waals surface area (Å²) in [5.74, 6) is 0.363. The average molecular weight is 256 g/mol. The number of amides is 1. The number of aliphatic hydroxyl groups is 1. The molecule has 1 aromatic carbocycles. The summed E-state index contributed by atoms with van der Waals surface area (Å²) in [4.78, 5) is 11.3. The van der Waals surface area contributed by atoms with Crippen LogP contribution in [0.2, 0.25) is 5.02 Å². The van der Waals surface area contributed by atoms with Gasteiger partial charge in [-0.25, -0.2) is 0 Å². The summed E-state index contributed by atoms with van der Waals surface area (Å²) in [7, 11) is 1.55. The largest absolute Gasteiger partial charge is 0.496 e. The summed E-state index contributed by atoms with van der Waals surface area (Å²) >= 11 is 5.85. The first-order valence-electron chi connectivity index (χ1n) is 5.07. The number of methoxy groups -OCH3 is 1. The first kappa shape index (κ1) is 13.5. The summed E-state index contributed by atoms with van der Waals surface area (Å²) in [5, 5.41) is 11.6. The molecule has 1 aromatic rings. The van der Waals surface area contributed by atoms with Gasteiger partial charge >= 0.3 is 0 Å². The highest BCUT2D eigenvalue weighted by atomic mass is 35.5. The molecule has 0 aliphatic rings. The predicted molar refractivity (Wildman–Crippen MR) is 67.1 cm³/mol. The second-order valence-electron chi connectivity index (χ2n) is 3.23. The molecule has 0 radical (unpaired) electrons. The van der Waals surface area contributed by atoms with Crippen LogP contribution >= 0.6 is 11.6 Å². The van der Waals surface area contributed by atoms with Crippen LogP contribution in [-0.4, -0.2) is 31.3 Å². The van der Waals surface area contributed by atoms with Gasteiger partial charge in [-0.15, -0.1) is 0 Å². The van der Waals surface area contributed by atoms with Crippen molar-refractivity contribution < 1.29 is 14.6 Å². The van der Waals surface area contributed by atoms with Gasteiger partial charge in [0.1, 0.15) is 5.75 Å². The van der Waals surface area contributed by atoms with Crippen LogP contribution in [0.4, 0.5) is 0 Å². The van der Waals surface area contributed by atoms with Crippen LogP contribution in [0.25, 0.3) is 6.08 Å². The number of hydrogen-bond acceptors (Lipinski definition) is 3. The fourth-order valence-corrected chi connectivity index (χ4v) is 1.42. The molecular weight excluding hydrogens is 242 g/mol. The van der Waals surface area contributed by atoms with E-state index in [-0.39, 0.29) is 19.1 Å². The van der Waals surface area contributed by atoms with Gasteiger partial charge in [0.2, 0.25) is 5.91 Å². The van der Waals surface area contributed by atoms with E-state index < -0.39 is 0 Å². The van der Waals surface area contributed by atoms with Gasteiger partial charge in [0.05, 0.1) is 13.7 Å². The minimum atomic E-state index is -0.277. The normalized spacial score (nSPS) is 10.5. The van der Waals surface area contributed by atoms with Crippen LogP contribution < -0.4 is 10.1 Å². The number of benzene rings is 1. The van der Waals surface area contributed by atoms with Crippen LogP contribution in [0.5, 0.6) is 5.75 Å². The third kappa shape index (κ3) is 4.46. The second kappa shape index (κ2) is 6.93. The van der Waals surface area contributed by atoms with E-state index in [1.54, 1.807) is 31.4 Å². The summed E-state index contributed by atoms with van der Waals surface area (Å²) in [6.45, 7) is 0.149. The van der Waals surface area contributed by atoms with Gasteiger partial charge in [-0.05, 0) is 24.3 Å². The highest BCUT2D eigenvalue weighted by Crippen LogP contribution is 2.23. The van der Waals surface area contributed by atoms with Gasteiger partial charge in [0, 0.05) is 23.2 Å². The second-order valence-corrected chi connectivity index (χ2v) is 3.67. The molecule has 2 N–H and O–H groups in total. The van der Waals surface area contributed by atoms with E-state index in [2.05, 4.69) is 5.32 Å². The van der Waals surface area contributed by atoms with E-state index in [4.69, 9.17) is 21.4 Å². The SMILES string of the molecule is COc1ccc(Cl)cc1/C=C/C(=O)NCCO. The van der Waals surface area contributed by atoms with E-state index in [0.29, 0.717) is 10.8 Å². The molecule has 0 aliphatic carbocycles. The number of aliphatic hydroxyl groups excluding tert-OH is 1. The van der Waals surface area contributed by atoms with E-state index in [0.717, 1.165) is 5.56 Å². The molecule has 4 nitrogen and oxygen atoms in total. The minimum Gasteiger partial charge on any atom is -0.496 e. The van der Waals surface area contributed by atoms with Gasteiger partial charge in [0.25, 0.3) is 0 Å². The zero-order valence-electron chi connectivity index (χ0n) is 9.44. The molecule has 0 aromatic heterocycles. The van der Waals surface area contributed by atoms with E-state index in [1.807, 2.05) is 0 Å². The monoisotopic (exact) mass is 255 g/mol. The van der Waals surface area contributed by atoms with Crippen LogP contribution in [0.15, 0.2) is 24.3 Å². The highest BCUT2D eigenvalue weighted by molar-refractivity contribution is 6.30. The molecule has 0 heterocycles. The molecule has 1 amide bonds. The smallest absolute Gasteiger partial charge is 0.244 e. The van der Waals surface area contributed by atoms with Gasteiger partial charge in [0.15, 0.2) is 0 Å². The maximum atomic E-state index is 11.3. The van der Waals surface area contributed by atoms with Gasteiger partial charge in [-0.3, -0.25) is 4.79 Å². The quantitative estimate of drug-likeness (QED) is 0.784. The van der Waals surface area contributed by atoms with Crippen molar-refractivity contribution in [1.82, 2.24) is 5.32 Å². The molecule has 0 bridgehead atoms. The lowest BCUT2D eigenvalue weighted by Crippen LogP contribution is -2.24. The molecular formula is C12H14ClNO3. The van der Waals surface area contributed by atoms with Crippen LogP contribution in [0.3, 0.4) is 0 Å². The number of carbonyl (C=O) groups is 1. The topological polar surface area (TPSA) is 58.6 Å². The van der Waals surface area contributed by atoms with Crippen molar-refractivity contribution in [2.24, 2.45) is 0 Å². The summed E-state index contributed by atoms with van der Waals surface area (Å²) < 4.78 is 5.13. The van der Waals surface area contributed by atoms with Crippen molar-refractivity contribution in [3.8, 4) is 5.75 Å². The number of carbonyl (C=O) groups excluding carboxylic acids is 1. The van der Waals surface area contributed by atoms with Crippen molar-refractivity contribution in [3.63, 3.8) is 0 Å². The maximum absolute atomic E-state index is 11.3. The lowest BCUT2D eigenvalue weighted by Gasteiger charge is -2.04. The molecule has 92 valence electrons. The number of halogens is 1. The fraction of sp³-hybridized carbons (Fsp3) is 0.250. The summed E-state index contributed by atoms with van der Waals surface area (Å²) in [6, 6.07) is 5.15. The minimum absolute atomic E-state index is 0.0833. The molecule has 0 saturated carbocycles. The zero-order valence-corrected chi connectivity index (χ0v) is 10.2. The number of ether oxygens (including phenoxy) is 1. The average Bonchev–Trinajstić information content (AvgIpc) is 2.34. The molecule has 0 atom stereocenters. The standard InChI is InChI=1S/C12H14ClNO3/c1-17-11-4-3-10(13)8-9(11)2-5-12(16)14-6-7-15/h2-5,8,15H,6-7H2,1H3,(H,14,16)/b5-2+. The highest BCUT2D eigenvalue weighted by Gasteiger charge is 2.01. The van der Waals surface area contributed by atoms with E-state index >= 15 is 0 Å². The van der Waals surface area contributed by atoms with E-state index in [9.17, 15) is 4.79 Å². The van der Waals surface area contributed by atoms with Crippen molar-refractivity contribution in [3.05, 3.63) is 34.9 Å². The maximum Gasteiger partial charge on any atom is 0.244 e. The van der Waals surface area contributed by atoms with E-state index in [1.165, 1.54) is 6.08 Å². The Morgan fingerprint density at radius 1 is 1.59 bits per heavy atom. The third-order valence-corrected chi connectivity index (χ3v) is 2.25. The summed E-state index contributed by atoms with van der Waals surface area (Å²) in [6.07, 6.45) is 2.97. The van der Waals surface area contributed by atoms with Crippen LogP contribution in [0.1, 0.15) is 5.56 Å². The van der Waals surface area contributed by atoms with Crippen LogP contribution in [0, 0.1) is 0 Å². The van der Waals surface area contributed by atoms with Crippen molar-refractivity contribution in [2.45, 2.75) is 0 Å². The lowest BCUT2D eigenvalue weighted by atomic mass is 10.2. The Balaban J connectivity index is 2.76.